The SMILES string of the molecule is O=C(c1cc(F)cc([N+](=O)[O-])c1F)N1CC(CO)C1. The molecule has 1 aliphatic heterocycles. The Morgan fingerprint density at radius 3 is 2.63 bits per heavy atom. The number of halogens is 2. The fraction of sp³-hybridized carbons (Fsp3) is 0.364. The van der Waals surface area contributed by atoms with Gasteiger partial charge in [-0.2, -0.15) is 4.39 Å². The van der Waals surface area contributed by atoms with Crippen molar-refractivity contribution in [1.29, 1.82) is 0 Å². The molecular formula is C11H10F2N2O4. The first-order chi connectivity index (χ1) is 8.93. The molecule has 1 aromatic rings. The predicted molar refractivity (Wildman–Crippen MR) is 59.5 cm³/mol. The molecule has 1 amide bonds. The topological polar surface area (TPSA) is 83.7 Å². The second-order valence-corrected chi connectivity index (χ2v) is 4.30. The molecule has 1 saturated heterocycles. The summed E-state index contributed by atoms with van der Waals surface area (Å²) in [6.07, 6.45) is 0. The second-order valence-electron chi connectivity index (χ2n) is 4.30. The molecule has 1 fully saturated rings. The summed E-state index contributed by atoms with van der Waals surface area (Å²) in [6.45, 7) is 0.341. The van der Waals surface area contributed by atoms with Gasteiger partial charge >= 0.3 is 5.69 Å². The van der Waals surface area contributed by atoms with Crippen molar-refractivity contribution in [3.63, 3.8) is 0 Å². The number of benzene rings is 1. The molecule has 0 radical (unpaired) electrons. The Morgan fingerprint density at radius 1 is 1.47 bits per heavy atom. The minimum absolute atomic E-state index is 0.0874. The molecule has 1 aliphatic rings. The van der Waals surface area contributed by atoms with Crippen LogP contribution < -0.4 is 0 Å². The lowest BCUT2D eigenvalue weighted by Gasteiger charge is -2.38. The van der Waals surface area contributed by atoms with Crippen molar-refractivity contribution in [3.05, 3.63) is 39.4 Å². The van der Waals surface area contributed by atoms with Crippen LogP contribution >= 0.6 is 0 Å². The van der Waals surface area contributed by atoms with Crippen LogP contribution in [0.2, 0.25) is 0 Å². The second kappa shape index (κ2) is 4.88. The monoisotopic (exact) mass is 272 g/mol. The zero-order valence-electron chi connectivity index (χ0n) is 9.68. The van der Waals surface area contributed by atoms with E-state index in [1.165, 1.54) is 4.90 Å². The highest BCUT2D eigenvalue weighted by molar-refractivity contribution is 5.95. The molecule has 0 aromatic heterocycles. The lowest BCUT2D eigenvalue weighted by Crippen LogP contribution is -2.51. The summed E-state index contributed by atoms with van der Waals surface area (Å²) in [5.74, 6) is -3.29. The first-order valence-corrected chi connectivity index (χ1v) is 5.47. The van der Waals surface area contributed by atoms with Crippen molar-refractivity contribution in [3.8, 4) is 0 Å². The third-order valence-electron chi connectivity index (χ3n) is 2.95. The highest BCUT2D eigenvalue weighted by Gasteiger charge is 2.34. The van der Waals surface area contributed by atoms with E-state index >= 15 is 0 Å². The number of carbonyl (C=O) groups excluding carboxylic acids is 1. The van der Waals surface area contributed by atoms with Gasteiger partial charge in [-0.1, -0.05) is 0 Å². The number of carbonyl (C=O) groups is 1. The number of nitro benzene ring substituents is 1. The maximum Gasteiger partial charge on any atom is 0.308 e. The lowest BCUT2D eigenvalue weighted by atomic mass is 9.99. The zero-order valence-corrected chi connectivity index (χ0v) is 9.68. The average Bonchev–Trinajstić information content (AvgIpc) is 2.29. The minimum Gasteiger partial charge on any atom is -0.396 e. The van der Waals surface area contributed by atoms with E-state index in [1.54, 1.807) is 0 Å². The van der Waals surface area contributed by atoms with Gasteiger partial charge in [-0.15, -0.1) is 0 Å². The van der Waals surface area contributed by atoms with Crippen molar-refractivity contribution in [2.75, 3.05) is 19.7 Å². The van der Waals surface area contributed by atoms with E-state index in [0.717, 1.165) is 0 Å². The van der Waals surface area contributed by atoms with E-state index in [1.807, 2.05) is 0 Å². The fourth-order valence-electron chi connectivity index (χ4n) is 1.88. The Kier molecular flexibility index (Phi) is 3.43. The zero-order chi connectivity index (χ0) is 14.2. The number of likely N-dealkylation sites (tertiary alicyclic amines) is 1. The molecule has 2 rings (SSSR count). The summed E-state index contributed by atoms with van der Waals surface area (Å²) in [6, 6.07) is 1.07. The Bertz CT molecular complexity index is 544. The standard InChI is InChI=1S/C11H10F2N2O4/c12-7-1-8(10(13)9(2-7)15(18)19)11(17)14-3-6(4-14)5-16/h1-2,6,16H,3-5H2. The van der Waals surface area contributed by atoms with Gasteiger partial charge in [-0.25, -0.2) is 4.39 Å². The van der Waals surface area contributed by atoms with E-state index in [4.69, 9.17) is 5.11 Å². The van der Waals surface area contributed by atoms with Gasteiger partial charge in [0.05, 0.1) is 16.6 Å². The number of amides is 1. The van der Waals surface area contributed by atoms with E-state index in [0.29, 0.717) is 12.1 Å². The average molecular weight is 272 g/mol. The highest BCUT2D eigenvalue weighted by atomic mass is 19.1. The summed E-state index contributed by atoms with van der Waals surface area (Å²) in [4.78, 5) is 22.5. The molecule has 8 heteroatoms. The Balaban J connectivity index is 2.30. The summed E-state index contributed by atoms with van der Waals surface area (Å²) in [7, 11) is 0. The summed E-state index contributed by atoms with van der Waals surface area (Å²) in [5, 5.41) is 19.4. The van der Waals surface area contributed by atoms with Gasteiger partial charge in [0.1, 0.15) is 5.82 Å². The van der Waals surface area contributed by atoms with Crippen LogP contribution in [0.3, 0.4) is 0 Å². The molecule has 0 saturated carbocycles. The molecule has 102 valence electrons. The van der Waals surface area contributed by atoms with Crippen LogP contribution in [0.15, 0.2) is 12.1 Å². The van der Waals surface area contributed by atoms with E-state index in [-0.39, 0.29) is 25.6 Å². The molecule has 1 heterocycles. The normalized spacial score (nSPS) is 15.2. The van der Waals surface area contributed by atoms with Crippen LogP contribution in [0.4, 0.5) is 14.5 Å². The maximum absolute atomic E-state index is 13.7. The number of rotatable bonds is 3. The maximum atomic E-state index is 13.7. The summed E-state index contributed by atoms with van der Waals surface area (Å²) < 4.78 is 26.9. The Morgan fingerprint density at radius 2 is 2.11 bits per heavy atom. The minimum atomic E-state index is -1.34. The molecule has 0 bridgehead atoms. The molecule has 1 aromatic carbocycles. The summed E-state index contributed by atoms with van der Waals surface area (Å²) >= 11 is 0. The smallest absolute Gasteiger partial charge is 0.308 e. The fourth-order valence-corrected chi connectivity index (χ4v) is 1.88. The van der Waals surface area contributed by atoms with Crippen LogP contribution in [-0.4, -0.2) is 40.5 Å². The van der Waals surface area contributed by atoms with Crippen molar-refractivity contribution < 1.29 is 23.6 Å². The molecule has 1 N–H and O–H groups in total. The molecule has 0 aliphatic carbocycles. The largest absolute Gasteiger partial charge is 0.396 e. The number of hydrogen-bond acceptors (Lipinski definition) is 4. The number of hydrogen-bond donors (Lipinski definition) is 1. The Labute approximate surface area is 106 Å². The van der Waals surface area contributed by atoms with Gasteiger partial charge in [0.15, 0.2) is 0 Å². The Hall–Kier alpha value is -2.09. The molecule has 0 spiro atoms. The van der Waals surface area contributed by atoms with E-state index < -0.39 is 33.7 Å². The van der Waals surface area contributed by atoms with Crippen molar-refractivity contribution in [2.24, 2.45) is 5.92 Å². The molecule has 6 nitrogen and oxygen atoms in total. The van der Waals surface area contributed by atoms with E-state index in [2.05, 4.69) is 0 Å². The van der Waals surface area contributed by atoms with Crippen LogP contribution in [0.25, 0.3) is 0 Å². The van der Waals surface area contributed by atoms with Crippen LogP contribution in [0, 0.1) is 27.7 Å². The van der Waals surface area contributed by atoms with E-state index in [9.17, 15) is 23.7 Å². The van der Waals surface area contributed by atoms with Gasteiger partial charge in [0, 0.05) is 25.6 Å². The van der Waals surface area contributed by atoms with Crippen LogP contribution in [0.1, 0.15) is 10.4 Å². The lowest BCUT2D eigenvalue weighted by molar-refractivity contribution is -0.387. The highest BCUT2D eigenvalue weighted by Crippen LogP contribution is 2.26. The van der Waals surface area contributed by atoms with Crippen LogP contribution in [-0.2, 0) is 0 Å². The van der Waals surface area contributed by atoms with Gasteiger partial charge < -0.3 is 10.0 Å². The molecular weight excluding hydrogens is 262 g/mol. The number of aliphatic hydroxyl groups is 1. The van der Waals surface area contributed by atoms with Gasteiger partial charge in [0.2, 0.25) is 5.82 Å². The summed E-state index contributed by atoms with van der Waals surface area (Å²) in [5.41, 5.74) is -1.73. The van der Waals surface area contributed by atoms with Crippen molar-refractivity contribution in [2.45, 2.75) is 0 Å². The van der Waals surface area contributed by atoms with Gasteiger partial charge in [-0.05, 0) is 6.07 Å². The third kappa shape index (κ3) is 2.39. The van der Waals surface area contributed by atoms with Gasteiger partial charge in [-0.3, -0.25) is 14.9 Å². The molecule has 19 heavy (non-hydrogen) atoms. The molecule has 0 atom stereocenters. The first-order valence-electron chi connectivity index (χ1n) is 5.47. The third-order valence-corrected chi connectivity index (χ3v) is 2.95. The molecule has 0 unspecified atom stereocenters. The van der Waals surface area contributed by atoms with Crippen LogP contribution in [0.5, 0.6) is 0 Å². The number of aliphatic hydroxyl groups excluding tert-OH is 1. The number of nitro groups is 1. The first kappa shape index (κ1) is 13.3. The predicted octanol–water partition coefficient (Wildman–Crippen LogP) is 0.937. The van der Waals surface area contributed by atoms with Crippen molar-refractivity contribution >= 4 is 11.6 Å². The van der Waals surface area contributed by atoms with Gasteiger partial charge in [0.25, 0.3) is 5.91 Å². The number of nitrogens with zero attached hydrogens (tertiary/aromatic N) is 2. The quantitative estimate of drug-likeness (QED) is 0.655. The van der Waals surface area contributed by atoms with Crippen molar-refractivity contribution in [1.82, 2.24) is 4.90 Å².